The first-order chi connectivity index (χ1) is 12.4. The Kier molecular flexibility index (Phi) is 5.62. The summed E-state index contributed by atoms with van der Waals surface area (Å²) in [6.07, 6.45) is 4.26. The van der Waals surface area contributed by atoms with Crippen LogP contribution < -0.4 is 5.73 Å². The molecule has 142 valence electrons. The van der Waals surface area contributed by atoms with Crippen LogP contribution in [-0.4, -0.2) is 55.6 Å². The van der Waals surface area contributed by atoms with Gasteiger partial charge in [-0.2, -0.15) is 4.31 Å². The molecule has 2 amide bonds. The molecule has 7 nitrogen and oxygen atoms in total. The van der Waals surface area contributed by atoms with Crippen LogP contribution in [0.2, 0.25) is 0 Å². The van der Waals surface area contributed by atoms with Crippen LogP contribution in [0.5, 0.6) is 0 Å². The van der Waals surface area contributed by atoms with Crippen molar-refractivity contribution in [3.8, 4) is 0 Å². The molecule has 2 heterocycles. The fourth-order valence-electron chi connectivity index (χ4n) is 3.60. The average Bonchev–Trinajstić information content (AvgIpc) is 2.68. The molecule has 1 atom stereocenters. The molecule has 0 aromatic heterocycles. The molecule has 2 aliphatic rings. The highest BCUT2D eigenvalue weighted by Crippen LogP contribution is 2.22. The van der Waals surface area contributed by atoms with Gasteiger partial charge in [-0.05, 0) is 49.9 Å². The number of nitrogens with zero attached hydrogens (tertiary/aromatic N) is 2. The van der Waals surface area contributed by atoms with Gasteiger partial charge in [0.05, 0.1) is 10.8 Å². The van der Waals surface area contributed by atoms with E-state index in [0.29, 0.717) is 38.2 Å². The minimum atomic E-state index is -3.50. The number of sulfonamides is 1. The lowest BCUT2D eigenvalue weighted by atomic mass is 9.97. The zero-order valence-corrected chi connectivity index (χ0v) is 15.6. The number of likely N-dealkylation sites (tertiary alicyclic amines) is 1. The van der Waals surface area contributed by atoms with Crippen molar-refractivity contribution in [2.45, 2.75) is 37.0 Å². The van der Waals surface area contributed by atoms with Crippen LogP contribution in [0.15, 0.2) is 29.2 Å². The summed E-state index contributed by atoms with van der Waals surface area (Å²) in [5, 5.41) is 0. The zero-order valence-electron chi connectivity index (χ0n) is 14.8. The van der Waals surface area contributed by atoms with Gasteiger partial charge in [0.1, 0.15) is 0 Å². The van der Waals surface area contributed by atoms with Gasteiger partial charge in [-0.15, -0.1) is 0 Å². The Morgan fingerprint density at radius 2 is 1.62 bits per heavy atom. The third-order valence-corrected chi connectivity index (χ3v) is 7.08. The SMILES string of the molecule is NC(=O)[C@H]1CCCN(C(=O)c2ccc(S(=O)(=O)N3CCCCC3)cc2)C1. The number of amides is 2. The lowest BCUT2D eigenvalue weighted by molar-refractivity contribution is -0.123. The van der Waals surface area contributed by atoms with E-state index in [1.54, 1.807) is 17.0 Å². The van der Waals surface area contributed by atoms with Gasteiger partial charge < -0.3 is 10.6 Å². The number of benzene rings is 1. The largest absolute Gasteiger partial charge is 0.369 e. The molecule has 0 bridgehead atoms. The van der Waals surface area contributed by atoms with Crippen LogP contribution in [0.3, 0.4) is 0 Å². The summed E-state index contributed by atoms with van der Waals surface area (Å²) in [5.41, 5.74) is 5.78. The van der Waals surface area contributed by atoms with Gasteiger partial charge in [0.2, 0.25) is 15.9 Å². The van der Waals surface area contributed by atoms with Gasteiger partial charge in [0.25, 0.3) is 5.91 Å². The van der Waals surface area contributed by atoms with E-state index in [2.05, 4.69) is 0 Å². The van der Waals surface area contributed by atoms with Crippen molar-refractivity contribution in [1.82, 2.24) is 9.21 Å². The highest BCUT2D eigenvalue weighted by atomic mass is 32.2. The van der Waals surface area contributed by atoms with Crippen molar-refractivity contribution in [2.24, 2.45) is 11.7 Å². The molecule has 1 aromatic rings. The number of piperidine rings is 2. The van der Waals surface area contributed by atoms with Crippen molar-refractivity contribution < 1.29 is 18.0 Å². The van der Waals surface area contributed by atoms with Crippen LogP contribution in [0.4, 0.5) is 0 Å². The molecule has 26 heavy (non-hydrogen) atoms. The molecule has 0 unspecified atom stereocenters. The van der Waals surface area contributed by atoms with Crippen LogP contribution in [-0.2, 0) is 14.8 Å². The predicted octanol–water partition coefficient (Wildman–Crippen LogP) is 1.20. The Hall–Kier alpha value is -1.93. The Labute approximate surface area is 154 Å². The molecule has 0 saturated carbocycles. The van der Waals surface area contributed by atoms with Crippen molar-refractivity contribution in [2.75, 3.05) is 26.2 Å². The maximum atomic E-state index is 12.7. The molecule has 2 fully saturated rings. The van der Waals surface area contributed by atoms with Gasteiger partial charge in [0, 0.05) is 31.7 Å². The van der Waals surface area contributed by atoms with E-state index in [-0.39, 0.29) is 22.6 Å². The van der Waals surface area contributed by atoms with Gasteiger partial charge in [-0.25, -0.2) is 8.42 Å². The molecule has 0 radical (unpaired) electrons. The van der Waals surface area contributed by atoms with Crippen molar-refractivity contribution >= 4 is 21.8 Å². The van der Waals surface area contributed by atoms with Crippen LogP contribution in [0, 0.1) is 5.92 Å². The molecular formula is C18H25N3O4S. The Balaban J connectivity index is 1.72. The number of hydrogen-bond acceptors (Lipinski definition) is 4. The third-order valence-electron chi connectivity index (χ3n) is 5.17. The maximum Gasteiger partial charge on any atom is 0.253 e. The second-order valence-corrected chi connectivity index (χ2v) is 8.92. The summed E-state index contributed by atoms with van der Waals surface area (Å²) in [6, 6.07) is 6.08. The van der Waals surface area contributed by atoms with Gasteiger partial charge in [0.15, 0.2) is 0 Å². The Morgan fingerprint density at radius 3 is 2.23 bits per heavy atom. The molecule has 0 aliphatic carbocycles. The third kappa shape index (κ3) is 3.91. The number of rotatable bonds is 4. The maximum absolute atomic E-state index is 12.7. The summed E-state index contributed by atoms with van der Waals surface area (Å²) in [5.74, 6) is -0.894. The monoisotopic (exact) mass is 379 g/mol. The first kappa shape index (κ1) is 18.8. The Morgan fingerprint density at radius 1 is 0.962 bits per heavy atom. The van der Waals surface area contributed by atoms with E-state index < -0.39 is 10.0 Å². The lowest BCUT2D eigenvalue weighted by Crippen LogP contribution is -2.44. The quantitative estimate of drug-likeness (QED) is 0.849. The van der Waals surface area contributed by atoms with E-state index in [1.165, 1.54) is 16.4 Å². The summed E-state index contributed by atoms with van der Waals surface area (Å²) in [6.45, 7) is 2.00. The van der Waals surface area contributed by atoms with Gasteiger partial charge in [-0.3, -0.25) is 9.59 Å². The van der Waals surface area contributed by atoms with E-state index >= 15 is 0 Å². The second-order valence-electron chi connectivity index (χ2n) is 6.98. The molecule has 1 aromatic carbocycles. The van der Waals surface area contributed by atoms with E-state index in [1.807, 2.05) is 0 Å². The molecule has 2 N–H and O–H groups in total. The van der Waals surface area contributed by atoms with E-state index in [9.17, 15) is 18.0 Å². The minimum Gasteiger partial charge on any atom is -0.369 e. The molecule has 8 heteroatoms. The van der Waals surface area contributed by atoms with E-state index in [4.69, 9.17) is 5.73 Å². The first-order valence-electron chi connectivity index (χ1n) is 9.08. The molecule has 3 rings (SSSR count). The fraction of sp³-hybridized carbons (Fsp3) is 0.556. The standard InChI is InChI=1S/C18H25N3O4S/c19-17(22)15-5-4-10-20(13-15)18(23)14-6-8-16(9-7-14)26(24,25)21-11-2-1-3-12-21/h6-9,15H,1-5,10-13H2,(H2,19,22)/t15-/m0/s1. The van der Waals surface area contributed by atoms with Crippen molar-refractivity contribution in [1.29, 1.82) is 0 Å². The second kappa shape index (κ2) is 7.75. The minimum absolute atomic E-state index is 0.196. The molecular weight excluding hydrogens is 354 g/mol. The summed E-state index contributed by atoms with van der Waals surface area (Å²) >= 11 is 0. The predicted molar refractivity (Wildman–Crippen MR) is 96.9 cm³/mol. The van der Waals surface area contributed by atoms with Crippen LogP contribution in [0.1, 0.15) is 42.5 Å². The smallest absolute Gasteiger partial charge is 0.253 e. The molecule has 2 aliphatic heterocycles. The van der Waals surface area contributed by atoms with E-state index in [0.717, 1.165) is 25.7 Å². The lowest BCUT2D eigenvalue weighted by Gasteiger charge is -2.31. The highest BCUT2D eigenvalue weighted by Gasteiger charge is 2.29. The number of carbonyl (C=O) groups excluding carboxylic acids is 2. The number of nitrogens with two attached hydrogens (primary N) is 1. The summed E-state index contributed by atoms with van der Waals surface area (Å²) in [7, 11) is -3.50. The van der Waals surface area contributed by atoms with Gasteiger partial charge >= 0.3 is 0 Å². The molecule has 2 saturated heterocycles. The van der Waals surface area contributed by atoms with Crippen molar-refractivity contribution in [3.63, 3.8) is 0 Å². The topological polar surface area (TPSA) is 101 Å². The van der Waals surface area contributed by atoms with Crippen LogP contribution in [0.25, 0.3) is 0 Å². The number of hydrogen-bond donors (Lipinski definition) is 1. The van der Waals surface area contributed by atoms with Crippen LogP contribution >= 0.6 is 0 Å². The Bertz CT molecular complexity index is 770. The first-order valence-corrected chi connectivity index (χ1v) is 10.5. The normalized spacial score (nSPS) is 22.2. The number of primary amides is 1. The number of carbonyl (C=O) groups is 2. The van der Waals surface area contributed by atoms with Crippen molar-refractivity contribution in [3.05, 3.63) is 29.8 Å². The fourth-order valence-corrected chi connectivity index (χ4v) is 5.12. The van der Waals surface area contributed by atoms with Gasteiger partial charge in [-0.1, -0.05) is 6.42 Å². The molecule has 0 spiro atoms. The summed E-state index contributed by atoms with van der Waals surface area (Å²) < 4.78 is 26.8. The highest BCUT2D eigenvalue weighted by molar-refractivity contribution is 7.89. The average molecular weight is 379 g/mol. The summed E-state index contributed by atoms with van der Waals surface area (Å²) in [4.78, 5) is 25.9. The zero-order chi connectivity index (χ0) is 18.7.